The van der Waals surface area contributed by atoms with Crippen LogP contribution in [0.5, 0.6) is 0 Å². The molecule has 7 heteroatoms. The van der Waals surface area contributed by atoms with Gasteiger partial charge in [0, 0.05) is 6.20 Å². The maximum absolute atomic E-state index is 14.0. The van der Waals surface area contributed by atoms with Gasteiger partial charge in [0.15, 0.2) is 14.9 Å². The first-order chi connectivity index (χ1) is 15.2. The third-order valence-electron chi connectivity index (χ3n) is 10.4. The summed E-state index contributed by atoms with van der Waals surface area (Å²) in [6, 6.07) is 2.98. The third kappa shape index (κ3) is 2.64. The summed E-state index contributed by atoms with van der Waals surface area (Å²) < 4.78 is 54.5. The van der Waals surface area contributed by atoms with Crippen molar-refractivity contribution in [3.63, 3.8) is 0 Å². The zero-order chi connectivity index (χ0) is 21.9. The van der Waals surface area contributed by atoms with Gasteiger partial charge in [-0.1, -0.05) is 0 Å². The molecule has 0 saturated heterocycles. The highest BCUT2D eigenvalue weighted by Gasteiger charge is 2.60. The smallest absolute Gasteiger partial charge is 0.201 e. The molecular weight excluding hydrogens is 442 g/mol. The molecule has 0 unspecified atom stereocenters. The van der Waals surface area contributed by atoms with E-state index in [1.165, 1.54) is 50.8 Å². The Balaban J connectivity index is 1.27. The molecule has 0 N–H and O–H groups in total. The summed E-state index contributed by atoms with van der Waals surface area (Å²) in [5.74, 6) is 3.09. The Bertz CT molecular complexity index is 1030. The van der Waals surface area contributed by atoms with Crippen LogP contribution >= 0.6 is 0 Å². The lowest BCUT2D eigenvalue weighted by molar-refractivity contribution is 0.0337. The highest BCUT2D eigenvalue weighted by molar-refractivity contribution is 7.93. The molecule has 9 rings (SSSR count). The summed E-state index contributed by atoms with van der Waals surface area (Å²) in [4.78, 5) is 4.47. The Kier molecular flexibility index (Phi) is 4.07. The van der Waals surface area contributed by atoms with Crippen molar-refractivity contribution in [3.8, 4) is 0 Å². The van der Waals surface area contributed by atoms with E-state index in [0.29, 0.717) is 35.5 Å². The van der Waals surface area contributed by atoms with Crippen molar-refractivity contribution in [1.29, 1.82) is 0 Å². The number of pyridine rings is 1. The lowest BCUT2D eigenvalue weighted by atomic mass is 9.56. The molecule has 174 valence electrons. The van der Waals surface area contributed by atoms with Gasteiger partial charge in [-0.25, -0.2) is 21.8 Å². The molecule has 8 saturated carbocycles. The Labute approximate surface area is 191 Å². The molecule has 8 fully saturated rings. The van der Waals surface area contributed by atoms with Crippen molar-refractivity contribution in [2.75, 3.05) is 0 Å². The first-order valence-corrected chi connectivity index (χ1v) is 15.6. The standard InChI is InChI=1S/C25H33NO4S2/c27-31(28,24-10-16-3-17(11-24)5-18(4-16)12-24)22-1-2-26-23(9-22)32(29,30)25-13-19-6-20(14-25)8-21(7-19)15-25/h1-2,9,16-21H,3-8,10-15H2. The van der Waals surface area contributed by atoms with Crippen LogP contribution in [0.25, 0.3) is 0 Å². The van der Waals surface area contributed by atoms with Crippen molar-refractivity contribution in [2.24, 2.45) is 35.5 Å². The van der Waals surface area contributed by atoms with E-state index in [9.17, 15) is 16.8 Å². The molecule has 1 heterocycles. The van der Waals surface area contributed by atoms with E-state index in [0.717, 1.165) is 38.5 Å². The van der Waals surface area contributed by atoms with Gasteiger partial charge in [-0.05, 0) is 125 Å². The molecule has 0 aliphatic heterocycles. The van der Waals surface area contributed by atoms with Gasteiger partial charge in [0.1, 0.15) is 0 Å². The van der Waals surface area contributed by atoms with Gasteiger partial charge in [0.2, 0.25) is 9.84 Å². The molecule has 8 aliphatic rings. The molecule has 0 aromatic carbocycles. The summed E-state index contributed by atoms with van der Waals surface area (Å²) in [6.07, 6.45) is 12.9. The van der Waals surface area contributed by atoms with Gasteiger partial charge < -0.3 is 0 Å². The monoisotopic (exact) mass is 475 g/mol. The Hall–Kier alpha value is -0.950. The summed E-state index contributed by atoms with van der Waals surface area (Å²) in [5.41, 5.74) is 0. The molecule has 0 spiro atoms. The molecule has 1 aromatic rings. The minimum absolute atomic E-state index is 0.00486. The topological polar surface area (TPSA) is 81.2 Å². The van der Waals surface area contributed by atoms with E-state index in [2.05, 4.69) is 4.98 Å². The summed E-state index contributed by atoms with van der Waals surface area (Å²) in [6.45, 7) is 0. The first kappa shape index (κ1) is 20.4. The van der Waals surface area contributed by atoms with Gasteiger partial charge in [-0.3, -0.25) is 0 Å². The second kappa shape index (κ2) is 6.38. The molecule has 32 heavy (non-hydrogen) atoms. The van der Waals surface area contributed by atoms with Crippen molar-refractivity contribution in [1.82, 2.24) is 4.98 Å². The SMILES string of the molecule is O=S(=O)(c1ccnc(S(=O)(=O)C23CC4CC(CC(C4)C2)C3)c1)C12CC3CC(CC(C3)C1)C2. The minimum Gasteiger partial charge on any atom is -0.245 e. The van der Waals surface area contributed by atoms with E-state index >= 15 is 0 Å². The molecule has 8 aliphatic carbocycles. The van der Waals surface area contributed by atoms with E-state index in [1.807, 2.05) is 0 Å². The van der Waals surface area contributed by atoms with Crippen molar-refractivity contribution in [2.45, 2.75) is 96.5 Å². The van der Waals surface area contributed by atoms with E-state index in [-0.39, 0.29) is 9.92 Å². The summed E-state index contributed by atoms with van der Waals surface area (Å²) in [7, 11) is -7.27. The van der Waals surface area contributed by atoms with Gasteiger partial charge in [0.25, 0.3) is 0 Å². The molecular formula is C25H33NO4S2. The van der Waals surface area contributed by atoms with Crippen LogP contribution in [0, 0.1) is 35.5 Å². The fourth-order valence-corrected chi connectivity index (χ4v) is 14.6. The van der Waals surface area contributed by atoms with Gasteiger partial charge in [-0.15, -0.1) is 0 Å². The van der Waals surface area contributed by atoms with E-state index in [4.69, 9.17) is 0 Å². The van der Waals surface area contributed by atoms with Crippen molar-refractivity contribution in [3.05, 3.63) is 18.3 Å². The molecule has 8 bridgehead atoms. The minimum atomic E-state index is -3.67. The number of hydrogen-bond acceptors (Lipinski definition) is 5. The van der Waals surface area contributed by atoms with Crippen LogP contribution in [-0.2, 0) is 19.7 Å². The molecule has 0 atom stereocenters. The predicted octanol–water partition coefficient (Wildman–Crippen LogP) is 4.57. The van der Waals surface area contributed by atoms with E-state index < -0.39 is 29.2 Å². The highest BCUT2D eigenvalue weighted by Crippen LogP contribution is 2.61. The fourth-order valence-electron chi connectivity index (χ4n) is 9.90. The third-order valence-corrected chi connectivity index (χ3v) is 15.3. The van der Waals surface area contributed by atoms with Crippen LogP contribution in [-0.4, -0.2) is 31.3 Å². The Morgan fingerprint density at radius 3 is 1.41 bits per heavy atom. The number of nitrogens with zero attached hydrogens (tertiary/aromatic N) is 1. The lowest BCUT2D eigenvalue weighted by Crippen LogP contribution is -2.55. The normalized spacial score (nSPS) is 46.6. The van der Waals surface area contributed by atoms with Crippen LogP contribution in [0.3, 0.4) is 0 Å². The van der Waals surface area contributed by atoms with Crippen molar-refractivity contribution < 1.29 is 16.8 Å². The van der Waals surface area contributed by atoms with Crippen LogP contribution < -0.4 is 0 Å². The average molecular weight is 476 g/mol. The number of aromatic nitrogens is 1. The first-order valence-electron chi connectivity index (χ1n) is 12.6. The van der Waals surface area contributed by atoms with Gasteiger partial charge in [0.05, 0.1) is 14.4 Å². The number of sulfone groups is 2. The fraction of sp³-hybridized carbons (Fsp3) is 0.800. The molecule has 5 nitrogen and oxygen atoms in total. The second-order valence-electron chi connectivity index (χ2n) is 12.5. The average Bonchev–Trinajstić information content (AvgIpc) is 2.72. The highest BCUT2D eigenvalue weighted by atomic mass is 32.2. The largest absolute Gasteiger partial charge is 0.245 e. The molecule has 0 amide bonds. The number of hydrogen-bond donors (Lipinski definition) is 0. The van der Waals surface area contributed by atoms with Crippen molar-refractivity contribution >= 4 is 19.7 Å². The van der Waals surface area contributed by atoms with Gasteiger partial charge >= 0.3 is 0 Å². The maximum Gasteiger partial charge on any atom is 0.201 e. The summed E-state index contributed by atoms with van der Waals surface area (Å²) in [5, 5.41) is 0.00486. The Morgan fingerprint density at radius 2 is 1.00 bits per heavy atom. The number of rotatable bonds is 4. The quantitative estimate of drug-likeness (QED) is 0.637. The zero-order valence-corrected chi connectivity index (χ0v) is 20.2. The van der Waals surface area contributed by atoms with Gasteiger partial charge in [-0.2, -0.15) is 0 Å². The molecule has 0 radical (unpaired) electrons. The van der Waals surface area contributed by atoms with E-state index in [1.54, 1.807) is 6.07 Å². The molecule has 1 aromatic heterocycles. The lowest BCUT2D eigenvalue weighted by Gasteiger charge is -2.56. The maximum atomic E-state index is 14.0. The predicted molar refractivity (Wildman–Crippen MR) is 120 cm³/mol. The van der Waals surface area contributed by atoms with Crippen LogP contribution in [0.4, 0.5) is 0 Å². The van der Waals surface area contributed by atoms with Crippen LogP contribution in [0.15, 0.2) is 28.3 Å². The zero-order valence-electron chi connectivity index (χ0n) is 18.6. The Morgan fingerprint density at radius 1 is 0.625 bits per heavy atom. The summed E-state index contributed by atoms with van der Waals surface area (Å²) >= 11 is 0. The second-order valence-corrected chi connectivity index (χ2v) is 17.2. The van der Waals surface area contributed by atoms with Crippen LogP contribution in [0.2, 0.25) is 0 Å². The van der Waals surface area contributed by atoms with Crippen LogP contribution in [0.1, 0.15) is 77.0 Å².